The Morgan fingerprint density at radius 3 is 2.65 bits per heavy atom. The third kappa shape index (κ3) is 2.41. The second kappa shape index (κ2) is 4.84. The lowest BCUT2D eigenvalue weighted by Gasteiger charge is -2.14. The first-order valence-corrected chi connectivity index (χ1v) is 6.24. The number of nitrogens with zero attached hydrogens (tertiary/aromatic N) is 1. The van der Waals surface area contributed by atoms with Crippen molar-refractivity contribution in [3.05, 3.63) is 28.1 Å². The fraction of sp³-hybridized carbons (Fsp3) is 0.417. The molecule has 2 rings (SSSR count). The van der Waals surface area contributed by atoms with E-state index >= 15 is 0 Å². The summed E-state index contributed by atoms with van der Waals surface area (Å²) in [4.78, 5) is 4.41. The summed E-state index contributed by atoms with van der Waals surface area (Å²) in [5.74, 6) is 1.08. The van der Waals surface area contributed by atoms with Crippen LogP contribution in [0.2, 0.25) is 10.0 Å². The van der Waals surface area contributed by atoms with Gasteiger partial charge >= 0.3 is 0 Å². The van der Waals surface area contributed by atoms with Gasteiger partial charge in [-0.2, -0.15) is 0 Å². The van der Waals surface area contributed by atoms with Gasteiger partial charge in [-0.25, -0.2) is 4.98 Å². The minimum absolute atomic E-state index is 0.0947. The van der Waals surface area contributed by atoms with Crippen molar-refractivity contribution >= 4 is 34.3 Å². The third-order valence-electron chi connectivity index (χ3n) is 2.80. The Morgan fingerprint density at radius 2 is 2.06 bits per heavy atom. The summed E-state index contributed by atoms with van der Waals surface area (Å²) in [6, 6.07) is 3.39. The van der Waals surface area contributed by atoms with Crippen LogP contribution >= 0.6 is 23.2 Å². The zero-order chi connectivity index (χ0) is 12.6. The summed E-state index contributed by atoms with van der Waals surface area (Å²) in [6.45, 7) is 4.66. The van der Waals surface area contributed by atoms with Crippen molar-refractivity contribution < 1.29 is 4.42 Å². The summed E-state index contributed by atoms with van der Waals surface area (Å²) in [5.41, 5.74) is 6.99. The maximum atomic E-state index is 6.05. The second-order valence-corrected chi connectivity index (χ2v) is 5.22. The fourth-order valence-corrected chi connectivity index (χ4v) is 2.31. The second-order valence-electron chi connectivity index (χ2n) is 4.37. The van der Waals surface area contributed by atoms with Gasteiger partial charge in [0.25, 0.3) is 0 Å². The van der Waals surface area contributed by atoms with Gasteiger partial charge in [-0.15, -0.1) is 0 Å². The molecule has 0 aliphatic carbocycles. The summed E-state index contributed by atoms with van der Waals surface area (Å²) >= 11 is 12.0. The third-order valence-corrected chi connectivity index (χ3v) is 3.30. The predicted molar refractivity (Wildman–Crippen MR) is 70.7 cm³/mol. The average molecular weight is 273 g/mol. The minimum Gasteiger partial charge on any atom is -0.439 e. The molecule has 17 heavy (non-hydrogen) atoms. The lowest BCUT2D eigenvalue weighted by molar-refractivity contribution is 0.400. The molecule has 2 aromatic rings. The van der Waals surface area contributed by atoms with Crippen LogP contribution in [0.25, 0.3) is 11.1 Å². The van der Waals surface area contributed by atoms with E-state index in [0.717, 1.165) is 0 Å². The molecule has 0 saturated heterocycles. The van der Waals surface area contributed by atoms with Crippen molar-refractivity contribution in [2.24, 2.45) is 11.7 Å². The van der Waals surface area contributed by atoms with E-state index in [4.69, 9.17) is 33.4 Å². The van der Waals surface area contributed by atoms with E-state index in [2.05, 4.69) is 18.8 Å². The van der Waals surface area contributed by atoms with E-state index in [-0.39, 0.29) is 5.92 Å². The lowest BCUT2D eigenvalue weighted by Crippen LogP contribution is -2.17. The first-order chi connectivity index (χ1) is 8.02. The van der Waals surface area contributed by atoms with E-state index in [1.54, 1.807) is 12.1 Å². The van der Waals surface area contributed by atoms with Gasteiger partial charge in [0, 0.05) is 11.6 Å². The topological polar surface area (TPSA) is 52.0 Å². The van der Waals surface area contributed by atoms with Gasteiger partial charge in [0.1, 0.15) is 5.52 Å². The number of hydrogen-bond donors (Lipinski definition) is 1. The first kappa shape index (κ1) is 12.7. The van der Waals surface area contributed by atoms with Gasteiger partial charge in [-0.05, 0) is 18.1 Å². The SMILES string of the molecule is CC(C)C(CN)c1nc2cc(Cl)cc(Cl)c2o1. The molecule has 0 radical (unpaired) electrons. The van der Waals surface area contributed by atoms with E-state index in [1.165, 1.54) is 0 Å². The Labute approximate surface area is 110 Å². The molecule has 0 saturated carbocycles. The van der Waals surface area contributed by atoms with Crippen molar-refractivity contribution in [1.82, 2.24) is 4.98 Å². The summed E-state index contributed by atoms with van der Waals surface area (Å²) in [7, 11) is 0. The maximum absolute atomic E-state index is 6.05. The van der Waals surface area contributed by atoms with Crippen LogP contribution in [0.1, 0.15) is 25.7 Å². The van der Waals surface area contributed by atoms with Crippen molar-refractivity contribution in [2.45, 2.75) is 19.8 Å². The molecule has 0 bridgehead atoms. The average Bonchev–Trinajstić information content (AvgIpc) is 2.61. The quantitative estimate of drug-likeness (QED) is 0.924. The van der Waals surface area contributed by atoms with Crippen LogP contribution in [0.3, 0.4) is 0 Å². The summed E-state index contributed by atoms with van der Waals surface area (Å²) < 4.78 is 5.69. The zero-order valence-corrected chi connectivity index (χ0v) is 11.2. The molecule has 1 atom stereocenters. The largest absolute Gasteiger partial charge is 0.439 e. The van der Waals surface area contributed by atoms with E-state index in [0.29, 0.717) is 39.5 Å². The van der Waals surface area contributed by atoms with Gasteiger partial charge in [0.05, 0.1) is 10.9 Å². The molecule has 1 heterocycles. The normalized spacial score (nSPS) is 13.5. The molecule has 0 aliphatic heterocycles. The molecule has 0 amide bonds. The van der Waals surface area contributed by atoms with Crippen molar-refractivity contribution in [2.75, 3.05) is 6.54 Å². The van der Waals surface area contributed by atoms with Crippen molar-refractivity contribution in [3.63, 3.8) is 0 Å². The fourth-order valence-electron chi connectivity index (χ4n) is 1.79. The van der Waals surface area contributed by atoms with Gasteiger partial charge in [0.15, 0.2) is 11.5 Å². The van der Waals surface area contributed by atoms with Gasteiger partial charge < -0.3 is 10.2 Å². The highest BCUT2D eigenvalue weighted by molar-refractivity contribution is 6.37. The van der Waals surface area contributed by atoms with Crippen LogP contribution in [0.15, 0.2) is 16.5 Å². The van der Waals surface area contributed by atoms with Crippen LogP contribution in [-0.4, -0.2) is 11.5 Å². The van der Waals surface area contributed by atoms with E-state index in [1.807, 2.05) is 0 Å². The minimum atomic E-state index is 0.0947. The molecule has 3 nitrogen and oxygen atoms in total. The van der Waals surface area contributed by atoms with Gasteiger partial charge in [0.2, 0.25) is 0 Å². The number of hydrogen-bond acceptors (Lipinski definition) is 3. The number of oxazole rings is 1. The maximum Gasteiger partial charge on any atom is 0.200 e. The smallest absolute Gasteiger partial charge is 0.200 e. The molecule has 0 aliphatic rings. The molecule has 0 fully saturated rings. The molecule has 1 unspecified atom stereocenters. The molecule has 2 N–H and O–H groups in total. The van der Waals surface area contributed by atoms with Crippen LogP contribution in [0.4, 0.5) is 0 Å². The van der Waals surface area contributed by atoms with Crippen LogP contribution in [-0.2, 0) is 0 Å². The Balaban J connectivity index is 2.54. The first-order valence-electron chi connectivity index (χ1n) is 5.48. The predicted octanol–water partition coefficient (Wildman–Crippen LogP) is 3.83. The molecular formula is C12H14Cl2N2O. The molecule has 1 aromatic carbocycles. The number of benzene rings is 1. The number of fused-ring (bicyclic) bond motifs is 1. The molecule has 0 spiro atoms. The zero-order valence-electron chi connectivity index (χ0n) is 9.71. The van der Waals surface area contributed by atoms with E-state index in [9.17, 15) is 0 Å². The van der Waals surface area contributed by atoms with Gasteiger partial charge in [-0.3, -0.25) is 0 Å². The van der Waals surface area contributed by atoms with E-state index < -0.39 is 0 Å². The Hall–Kier alpha value is -0.770. The summed E-state index contributed by atoms with van der Waals surface area (Å²) in [5, 5.41) is 1.03. The lowest BCUT2D eigenvalue weighted by atomic mass is 9.96. The Kier molecular flexibility index (Phi) is 3.61. The van der Waals surface area contributed by atoms with Crippen LogP contribution in [0.5, 0.6) is 0 Å². The Bertz CT molecular complexity index is 537. The Morgan fingerprint density at radius 1 is 1.35 bits per heavy atom. The monoisotopic (exact) mass is 272 g/mol. The summed E-state index contributed by atoms with van der Waals surface area (Å²) in [6.07, 6.45) is 0. The van der Waals surface area contributed by atoms with Crippen molar-refractivity contribution in [3.8, 4) is 0 Å². The number of rotatable bonds is 3. The highest BCUT2D eigenvalue weighted by atomic mass is 35.5. The molecule has 92 valence electrons. The molecular weight excluding hydrogens is 259 g/mol. The van der Waals surface area contributed by atoms with Gasteiger partial charge in [-0.1, -0.05) is 37.0 Å². The van der Waals surface area contributed by atoms with Crippen LogP contribution < -0.4 is 5.73 Å². The standard InChI is InChI=1S/C12H14Cl2N2O/c1-6(2)8(5-15)12-16-10-4-7(13)3-9(14)11(10)17-12/h3-4,6,8H,5,15H2,1-2H3. The molecule has 5 heteroatoms. The van der Waals surface area contributed by atoms with Crippen molar-refractivity contribution in [1.29, 1.82) is 0 Å². The van der Waals surface area contributed by atoms with Crippen LogP contribution in [0, 0.1) is 5.92 Å². The molecule has 1 aromatic heterocycles. The highest BCUT2D eigenvalue weighted by Gasteiger charge is 2.21. The number of aromatic nitrogens is 1. The number of halogens is 2. The highest BCUT2D eigenvalue weighted by Crippen LogP contribution is 2.32. The number of nitrogens with two attached hydrogens (primary N) is 1.